The first-order valence-electron chi connectivity index (χ1n) is 9.90. The first-order valence-corrected chi connectivity index (χ1v) is 10.3. The molecule has 7 nitrogen and oxygen atoms in total. The third kappa shape index (κ3) is 3.16. The normalized spacial score (nSPS) is 14.3. The number of nitrogens with one attached hydrogen (secondary N) is 1. The Labute approximate surface area is 186 Å². The average molecular weight is 455 g/mol. The van der Waals surface area contributed by atoms with Crippen molar-refractivity contribution in [1.29, 1.82) is 0 Å². The summed E-state index contributed by atoms with van der Waals surface area (Å²) in [5.41, 5.74) is 0.554. The quantitative estimate of drug-likeness (QED) is 0.474. The van der Waals surface area contributed by atoms with Crippen molar-refractivity contribution in [3.05, 3.63) is 60.0 Å². The summed E-state index contributed by atoms with van der Waals surface area (Å²) in [6, 6.07) is 4.33. The Hall–Kier alpha value is -3.59. The molecule has 5 rings (SSSR count). The van der Waals surface area contributed by atoms with E-state index in [1.54, 1.807) is 11.0 Å². The Kier molecular flexibility index (Phi) is 4.97. The van der Waals surface area contributed by atoms with Crippen LogP contribution in [0.1, 0.15) is 0 Å². The lowest BCUT2D eigenvalue weighted by atomic mass is 9.98. The molecule has 162 valence electrons. The van der Waals surface area contributed by atoms with Gasteiger partial charge in [-0.3, -0.25) is 9.89 Å². The summed E-state index contributed by atoms with van der Waals surface area (Å²) in [4.78, 5) is 23.9. The van der Waals surface area contributed by atoms with Crippen LogP contribution in [0.5, 0.6) is 0 Å². The number of aromatic nitrogens is 4. The topological polar surface area (TPSA) is 78.0 Å². The van der Waals surface area contributed by atoms with Crippen LogP contribution >= 0.6 is 11.6 Å². The number of hydrogen-bond donors (Lipinski definition) is 1. The Morgan fingerprint density at radius 3 is 2.66 bits per heavy atom. The van der Waals surface area contributed by atoms with Crippen molar-refractivity contribution >= 4 is 45.1 Å². The summed E-state index contributed by atoms with van der Waals surface area (Å²) in [6.45, 7) is 5.50. The van der Waals surface area contributed by atoms with Gasteiger partial charge in [-0.05, 0) is 24.3 Å². The third-order valence-corrected chi connectivity index (χ3v) is 5.99. The molecule has 4 aromatic rings. The zero-order valence-corrected chi connectivity index (χ0v) is 17.5. The van der Waals surface area contributed by atoms with Gasteiger partial charge in [-0.15, -0.1) is 0 Å². The number of fused-ring (bicyclic) bond motifs is 2. The minimum absolute atomic E-state index is 0.0253. The van der Waals surface area contributed by atoms with Gasteiger partial charge in [0, 0.05) is 48.1 Å². The van der Waals surface area contributed by atoms with Crippen LogP contribution in [-0.2, 0) is 4.79 Å². The van der Waals surface area contributed by atoms with Crippen molar-refractivity contribution in [1.82, 2.24) is 25.1 Å². The molecule has 3 heterocycles. The molecule has 0 aliphatic carbocycles. The second kappa shape index (κ2) is 7.83. The molecular weight excluding hydrogens is 438 g/mol. The molecule has 1 fully saturated rings. The number of carbonyl (C=O) groups excluding carboxylic acids is 1. The first kappa shape index (κ1) is 20.3. The molecule has 0 radical (unpaired) electrons. The highest BCUT2D eigenvalue weighted by atomic mass is 35.5. The number of H-pyrrole nitrogens is 1. The summed E-state index contributed by atoms with van der Waals surface area (Å²) in [5, 5.41) is 7.56. The van der Waals surface area contributed by atoms with Gasteiger partial charge >= 0.3 is 0 Å². The van der Waals surface area contributed by atoms with Gasteiger partial charge < -0.3 is 9.80 Å². The minimum Gasteiger partial charge on any atom is -0.352 e. The number of benzene rings is 2. The van der Waals surface area contributed by atoms with E-state index in [9.17, 15) is 9.18 Å². The summed E-state index contributed by atoms with van der Waals surface area (Å²) in [5.74, 6) is -0.970. The van der Waals surface area contributed by atoms with Crippen LogP contribution in [0.15, 0.2) is 43.4 Å². The lowest BCUT2D eigenvalue weighted by Crippen LogP contribution is -2.48. The lowest BCUT2D eigenvalue weighted by molar-refractivity contribution is -0.126. The number of piperazine rings is 1. The van der Waals surface area contributed by atoms with Crippen LogP contribution in [0.25, 0.3) is 32.9 Å². The van der Waals surface area contributed by atoms with Crippen LogP contribution in [0.4, 0.5) is 14.6 Å². The van der Waals surface area contributed by atoms with Crippen molar-refractivity contribution < 1.29 is 13.6 Å². The van der Waals surface area contributed by atoms with Gasteiger partial charge in [0.15, 0.2) is 5.82 Å². The average Bonchev–Trinajstić information content (AvgIpc) is 3.28. The summed E-state index contributed by atoms with van der Waals surface area (Å²) in [7, 11) is 0. The van der Waals surface area contributed by atoms with Gasteiger partial charge in [0.1, 0.15) is 23.5 Å². The van der Waals surface area contributed by atoms with Gasteiger partial charge in [0.05, 0.1) is 16.7 Å². The highest BCUT2D eigenvalue weighted by Crippen LogP contribution is 2.41. The van der Waals surface area contributed by atoms with Gasteiger partial charge in [-0.25, -0.2) is 18.7 Å². The Balaban J connectivity index is 1.62. The molecule has 1 saturated heterocycles. The fourth-order valence-corrected chi connectivity index (χ4v) is 4.40. The number of aromatic amines is 1. The maximum atomic E-state index is 15.7. The number of rotatable bonds is 3. The van der Waals surface area contributed by atoms with Crippen LogP contribution < -0.4 is 4.90 Å². The number of halogens is 3. The predicted octanol–water partition coefficient (Wildman–Crippen LogP) is 3.94. The van der Waals surface area contributed by atoms with E-state index in [2.05, 4.69) is 26.7 Å². The fourth-order valence-electron chi connectivity index (χ4n) is 4.11. The standard InChI is InChI=1S/C22H17ClF2N6O/c1-2-17(32)30-5-7-31(8-6-30)22-12-9-14(23)19(20(25)21(12)26-11-27-22)18-13-10-28-29-16(13)4-3-15(18)24/h2-4,9-11H,1,5-8H2,(H,28,29). The molecule has 0 saturated carbocycles. The van der Waals surface area contributed by atoms with Crippen molar-refractivity contribution in [3.8, 4) is 11.1 Å². The monoisotopic (exact) mass is 454 g/mol. The zero-order valence-electron chi connectivity index (χ0n) is 16.8. The summed E-state index contributed by atoms with van der Waals surface area (Å²) < 4.78 is 30.5. The number of amides is 1. The Morgan fingerprint density at radius 1 is 1.12 bits per heavy atom. The minimum atomic E-state index is -0.732. The second-order valence-corrected chi connectivity index (χ2v) is 7.82. The van der Waals surface area contributed by atoms with Crippen molar-refractivity contribution in [2.75, 3.05) is 31.1 Å². The van der Waals surface area contributed by atoms with Gasteiger partial charge in [0.25, 0.3) is 0 Å². The van der Waals surface area contributed by atoms with Gasteiger partial charge in [-0.1, -0.05) is 18.2 Å². The van der Waals surface area contributed by atoms with E-state index in [-0.39, 0.29) is 27.6 Å². The highest BCUT2D eigenvalue weighted by Gasteiger charge is 2.26. The largest absolute Gasteiger partial charge is 0.352 e. The predicted molar refractivity (Wildman–Crippen MR) is 119 cm³/mol. The Morgan fingerprint density at radius 2 is 1.91 bits per heavy atom. The molecule has 0 unspecified atom stereocenters. The van der Waals surface area contributed by atoms with Crippen molar-refractivity contribution in [3.63, 3.8) is 0 Å². The van der Waals surface area contributed by atoms with E-state index in [1.807, 2.05) is 4.90 Å². The SMILES string of the molecule is C=CC(=O)N1CCN(c2ncnc3c(F)c(-c4c(F)ccc5[nH]ncc45)c(Cl)cc23)CC1. The third-order valence-electron chi connectivity index (χ3n) is 5.69. The molecule has 1 aliphatic heterocycles. The molecule has 1 amide bonds. The second-order valence-electron chi connectivity index (χ2n) is 7.41. The number of anilines is 1. The van der Waals surface area contributed by atoms with Crippen LogP contribution in [0, 0.1) is 11.6 Å². The number of hydrogen-bond acceptors (Lipinski definition) is 5. The summed E-state index contributed by atoms with van der Waals surface area (Å²) >= 11 is 6.50. The van der Waals surface area contributed by atoms with E-state index in [0.717, 1.165) is 0 Å². The molecule has 1 aliphatic rings. The molecule has 0 spiro atoms. The molecule has 32 heavy (non-hydrogen) atoms. The number of carbonyl (C=O) groups is 1. The van der Waals surface area contributed by atoms with E-state index < -0.39 is 11.6 Å². The number of nitrogens with zero attached hydrogens (tertiary/aromatic N) is 5. The molecule has 2 aromatic heterocycles. The molecule has 2 aromatic carbocycles. The van der Waals surface area contributed by atoms with E-state index >= 15 is 4.39 Å². The highest BCUT2D eigenvalue weighted by molar-refractivity contribution is 6.35. The van der Waals surface area contributed by atoms with Crippen LogP contribution in [0.3, 0.4) is 0 Å². The molecule has 0 bridgehead atoms. The van der Waals surface area contributed by atoms with Gasteiger partial charge in [0.2, 0.25) is 5.91 Å². The molecule has 1 N–H and O–H groups in total. The summed E-state index contributed by atoms with van der Waals surface area (Å²) in [6.07, 6.45) is 3.99. The zero-order chi connectivity index (χ0) is 22.4. The maximum Gasteiger partial charge on any atom is 0.246 e. The van der Waals surface area contributed by atoms with Gasteiger partial charge in [-0.2, -0.15) is 5.10 Å². The van der Waals surface area contributed by atoms with Crippen LogP contribution in [0.2, 0.25) is 5.02 Å². The first-order chi connectivity index (χ1) is 15.5. The molecule has 0 atom stereocenters. The van der Waals surface area contributed by atoms with Crippen molar-refractivity contribution in [2.45, 2.75) is 0 Å². The van der Waals surface area contributed by atoms with Crippen LogP contribution in [-0.4, -0.2) is 57.2 Å². The lowest BCUT2D eigenvalue weighted by Gasteiger charge is -2.35. The van der Waals surface area contributed by atoms with E-state index in [4.69, 9.17) is 11.6 Å². The Bertz CT molecular complexity index is 1380. The smallest absolute Gasteiger partial charge is 0.246 e. The molecule has 10 heteroatoms. The maximum absolute atomic E-state index is 15.7. The molecular formula is C22H17ClF2N6O. The van der Waals surface area contributed by atoms with E-state index in [0.29, 0.717) is 48.3 Å². The van der Waals surface area contributed by atoms with Crippen molar-refractivity contribution in [2.24, 2.45) is 0 Å². The fraction of sp³-hybridized carbons (Fsp3) is 0.182. The van der Waals surface area contributed by atoms with E-state index in [1.165, 1.54) is 30.7 Å².